The zero-order valence-corrected chi connectivity index (χ0v) is 11.5. The Hall–Kier alpha value is -0.440. The average molecular weight is 250 g/mol. The van der Waals surface area contributed by atoms with Crippen LogP contribution in [-0.2, 0) is 0 Å². The standard InChI is InChI=1S/C14H22N2S/c1-17-13-11-7-3-4-8-12(11)15-14(16-13)9-5-2-6-10-14/h15H,2-10H2,1H3. The van der Waals surface area contributed by atoms with Crippen LogP contribution in [0.25, 0.3) is 0 Å². The fourth-order valence-electron chi connectivity index (χ4n) is 3.39. The molecule has 3 heteroatoms. The summed E-state index contributed by atoms with van der Waals surface area (Å²) in [7, 11) is 0. The highest BCUT2D eigenvalue weighted by atomic mass is 32.2. The van der Waals surface area contributed by atoms with Crippen molar-refractivity contribution in [3.05, 3.63) is 11.3 Å². The molecule has 1 saturated carbocycles. The molecule has 0 saturated heterocycles. The topological polar surface area (TPSA) is 24.4 Å². The normalized spacial score (nSPS) is 27.5. The molecular formula is C14H22N2S. The van der Waals surface area contributed by atoms with Gasteiger partial charge in [-0.2, -0.15) is 0 Å². The second kappa shape index (κ2) is 4.68. The number of nitrogens with one attached hydrogen (secondary N) is 1. The van der Waals surface area contributed by atoms with Crippen LogP contribution in [-0.4, -0.2) is 17.0 Å². The molecule has 3 aliphatic rings. The van der Waals surface area contributed by atoms with Crippen LogP contribution in [0.4, 0.5) is 0 Å². The van der Waals surface area contributed by atoms with E-state index >= 15 is 0 Å². The molecule has 3 rings (SSSR count). The van der Waals surface area contributed by atoms with E-state index in [1.165, 1.54) is 74.1 Å². The first kappa shape index (κ1) is 11.6. The molecule has 1 N–H and O–H groups in total. The van der Waals surface area contributed by atoms with E-state index in [1.54, 1.807) is 0 Å². The van der Waals surface area contributed by atoms with Crippen molar-refractivity contribution in [3.63, 3.8) is 0 Å². The van der Waals surface area contributed by atoms with Crippen LogP contribution in [0.1, 0.15) is 57.8 Å². The smallest absolute Gasteiger partial charge is 0.130 e. The molecule has 0 aromatic heterocycles. The Kier molecular flexibility index (Phi) is 3.20. The van der Waals surface area contributed by atoms with Crippen molar-refractivity contribution in [2.45, 2.75) is 63.5 Å². The molecule has 2 aliphatic carbocycles. The molecule has 0 radical (unpaired) electrons. The van der Waals surface area contributed by atoms with Gasteiger partial charge in [-0.1, -0.05) is 6.42 Å². The van der Waals surface area contributed by atoms with E-state index in [0.29, 0.717) is 0 Å². The van der Waals surface area contributed by atoms with Crippen LogP contribution in [0, 0.1) is 0 Å². The number of allylic oxidation sites excluding steroid dienone is 1. The van der Waals surface area contributed by atoms with Crippen molar-refractivity contribution in [3.8, 4) is 0 Å². The molecule has 1 aliphatic heterocycles. The fraction of sp³-hybridized carbons (Fsp3) is 0.786. The van der Waals surface area contributed by atoms with E-state index in [2.05, 4.69) is 11.6 Å². The first-order valence-electron chi connectivity index (χ1n) is 6.97. The van der Waals surface area contributed by atoms with Gasteiger partial charge in [-0.25, -0.2) is 0 Å². The molecule has 0 unspecified atom stereocenters. The highest BCUT2D eigenvalue weighted by molar-refractivity contribution is 8.13. The van der Waals surface area contributed by atoms with E-state index in [4.69, 9.17) is 4.99 Å². The fourth-order valence-corrected chi connectivity index (χ4v) is 4.13. The minimum absolute atomic E-state index is 0.0762. The van der Waals surface area contributed by atoms with E-state index in [1.807, 2.05) is 11.8 Å². The Bertz CT molecular complexity index is 364. The second-order valence-corrected chi connectivity index (χ2v) is 6.30. The van der Waals surface area contributed by atoms with Crippen LogP contribution < -0.4 is 5.32 Å². The van der Waals surface area contributed by atoms with Gasteiger partial charge in [-0.05, 0) is 57.6 Å². The maximum absolute atomic E-state index is 5.09. The van der Waals surface area contributed by atoms with Gasteiger partial charge in [0.05, 0.1) is 5.04 Å². The van der Waals surface area contributed by atoms with Gasteiger partial charge in [-0.3, -0.25) is 4.99 Å². The molecule has 17 heavy (non-hydrogen) atoms. The lowest BCUT2D eigenvalue weighted by atomic mass is 9.85. The molecule has 0 atom stereocenters. The Labute approximate surface area is 108 Å². The van der Waals surface area contributed by atoms with Gasteiger partial charge in [-0.15, -0.1) is 11.8 Å². The number of aliphatic imine (C=N–C) groups is 1. The highest BCUT2D eigenvalue weighted by Crippen LogP contribution is 2.39. The van der Waals surface area contributed by atoms with Crippen molar-refractivity contribution in [1.82, 2.24) is 5.32 Å². The van der Waals surface area contributed by atoms with Gasteiger partial charge in [0.2, 0.25) is 0 Å². The van der Waals surface area contributed by atoms with Gasteiger partial charge >= 0.3 is 0 Å². The zero-order valence-electron chi connectivity index (χ0n) is 10.7. The summed E-state index contributed by atoms with van der Waals surface area (Å²) in [4.78, 5) is 5.09. The largest absolute Gasteiger partial charge is 0.364 e. The zero-order chi connectivity index (χ0) is 11.7. The monoisotopic (exact) mass is 250 g/mol. The summed E-state index contributed by atoms with van der Waals surface area (Å²) in [5.41, 5.74) is 3.13. The van der Waals surface area contributed by atoms with Crippen molar-refractivity contribution in [2.24, 2.45) is 4.99 Å². The van der Waals surface area contributed by atoms with Gasteiger partial charge < -0.3 is 5.32 Å². The molecule has 0 aromatic rings. The minimum Gasteiger partial charge on any atom is -0.364 e. The summed E-state index contributed by atoms with van der Waals surface area (Å²) in [6.45, 7) is 0. The summed E-state index contributed by atoms with van der Waals surface area (Å²) in [6, 6.07) is 0. The summed E-state index contributed by atoms with van der Waals surface area (Å²) >= 11 is 1.85. The molecule has 1 heterocycles. The van der Waals surface area contributed by atoms with Gasteiger partial charge in [0, 0.05) is 11.3 Å². The molecule has 1 spiro atoms. The van der Waals surface area contributed by atoms with Crippen LogP contribution in [0.5, 0.6) is 0 Å². The van der Waals surface area contributed by atoms with Crippen molar-refractivity contribution in [2.75, 3.05) is 6.26 Å². The molecule has 0 bridgehead atoms. The molecule has 1 fully saturated rings. The van der Waals surface area contributed by atoms with Crippen molar-refractivity contribution in [1.29, 1.82) is 0 Å². The van der Waals surface area contributed by atoms with Crippen molar-refractivity contribution < 1.29 is 0 Å². The van der Waals surface area contributed by atoms with Crippen LogP contribution in [0.3, 0.4) is 0 Å². The summed E-state index contributed by atoms with van der Waals surface area (Å²) < 4.78 is 0. The molecule has 0 amide bonds. The maximum Gasteiger partial charge on any atom is 0.130 e. The predicted molar refractivity (Wildman–Crippen MR) is 75.4 cm³/mol. The third kappa shape index (κ3) is 2.14. The lowest BCUT2D eigenvalue weighted by Gasteiger charge is -2.42. The number of rotatable bonds is 0. The first-order valence-corrected chi connectivity index (χ1v) is 8.20. The summed E-state index contributed by atoms with van der Waals surface area (Å²) in [5.74, 6) is 0. The van der Waals surface area contributed by atoms with Gasteiger partial charge in [0.15, 0.2) is 0 Å². The van der Waals surface area contributed by atoms with Crippen LogP contribution in [0.15, 0.2) is 16.3 Å². The summed E-state index contributed by atoms with van der Waals surface area (Å²) in [5, 5.41) is 5.15. The average Bonchev–Trinajstić information content (AvgIpc) is 2.38. The lowest BCUT2D eigenvalue weighted by Crippen LogP contribution is -2.48. The third-order valence-corrected chi connectivity index (χ3v) is 5.02. The number of hydrogen-bond acceptors (Lipinski definition) is 3. The Balaban J connectivity index is 1.92. The molecule has 94 valence electrons. The number of thioether (sulfide) groups is 1. The maximum atomic E-state index is 5.09. The van der Waals surface area contributed by atoms with E-state index in [9.17, 15) is 0 Å². The molecular weight excluding hydrogens is 228 g/mol. The third-order valence-electron chi connectivity index (χ3n) is 4.30. The Morgan fingerprint density at radius 1 is 1.06 bits per heavy atom. The minimum atomic E-state index is 0.0762. The first-order chi connectivity index (χ1) is 8.33. The van der Waals surface area contributed by atoms with Crippen LogP contribution in [0.2, 0.25) is 0 Å². The second-order valence-electron chi connectivity index (χ2n) is 5.50. The number of hydrogen-bond donors (Lipinski definition) is 1. The van der Waals surface area contributed by atoms with Gasteiger partial charge in [0.25, 0.3) is 0 Å². The van der Waals surface area contributed by atoms with Crippen molar-refractivity contribution >= 4 is 16.8 Å². The van der Waals surface area contributed by atoms with E-state index in [0.717, 1.165) is 0 Å². The quantitative estimate of drug-likeness (QED) is 0.706. The van der Waals surface area contributed by atoms with E-state index in [-0.39, 0.29) is 5.66 Å². The SMILES string of the molecule is CSC1=NC2(CCCCC2)NC2=C1CCCC2. The Morgan fingerprint density at radius 2 is 1.82 bits per heavy atom. The molecule has 0 aromatic carbocycles. The number of nitrogens with zero attached hydrogens (tertiary/aromatic N) is 1. The molecule has 2 nitrogen and oxygen atoms in total. The highest BCUT2D eigenvalue weighted by Gasteiger charge is 2.37. The summed E-state index contributed by atoms with van der Waals surface area (Å²) in [6.07, 6.45) is 13.9. The Morgan fingerprint density at radius 3 is 2.59 bits per heavy atom. The lowest BCUT2D eigenvalue weighted by molar-refractivity contribution is 0.252. The van der Waals surface area contributed by atoms with Crippen LogP contribution >= 0.6 is 11.8 Å². The van der Waals surface area contributed by atoms with Gasteiger partial charge in [0.1, 0.15) is 5.66 Å². The predicted octanol–water partition coefficient (Wildman–Crippen LogP) is 3.84. The van der Waals surface area contributed by atoms with E-state index < -0.39 is 0 Å².